The molecule has 0 bridgehead atoms. The van der Waals surface area contributed by atoms with Gasteiger partial charge in [0.2, 0.25) is 0 Å². The minimum atomic E-state index is -0.669. The molecule has 3 heteroatoms. The second-order valence-corrected chi connectivity index (χ2v) is 6.59. The van der Waals surface area contributed by atoms with E-state index in [-0.39, 0.29) is 0 Å². The van der Waals surface area contributed by atoms with Crippen LogP contribution in [0.1, 0.15) is 81.4 Å². The van der Waals surface area contributed by atoms with Gasteiger partial charge in [0, 0.05) is 19.4 Å². The molecule has 0 spiro atoms. The summed E-state index contributed by atoms with van der Waals surface area (Å²) in [5.41, 5.74) is 2.83. The maximum absolute atomic E-state index is 10.4. The number of unbranched alkanes of at least 4 members (excludes halogenated alkanes) is 8. The number of carboxylic acids is 1. The van der Waals surface area contributed by atoms with E-state index >= 15 is 0 Å². The lowest BCUT2D eigenvalue weighted by molar-refractivity contribution is -0.137. The molecule has 128 valence electrons. The van der Waals surface area contributed by atoms with E-state index in [1.165, 1.54) is 49.7 Å². The summed E-state index contributed by atoms with van der Waals surface area (Å²) in [5, 5.41) is 8.55. The molecule has 1 N–H and O–H groups in total. The highest BCUT2D eigenvalue weighted by molar-refractivity contribution is 5.66. The van der Waals surface area contributed by atoms with Crippen LogP contribution in [0.25, 0.3) is 0 Å². The maximum Gasteiger partial charge on any atom is 0.303 e. The van der Waals surface area contributed by atoms with Crippen LogP contribution >= 0.6 is 0 Å². The van der Waals surface area contributed by atoms with E-state index in [9.17, 15) is 4.79 Å². The predicted octanol–water partition coefficient (Wildman–Crippen LogP) is 5.29. The third-order valence-electron chi connectivity index (χ3n) is 4.66. The summed E-state index contributed by atoms with van der Waals surface area (Å²) in [7, 11) is 0. The van der Waals surface area contributed by atoms with Crippen LogP contribution in [0.5, 0.6) is 0 Å². The fraction of sp³-hybridized carbons (Fsp3) is 0.650. The summed E-state index contributed by atoms with van der Waals surface area (Å²) >= 11 is 0. The van der Waals surface area contributed by atoms with Crippen LogP contribution in [-0.4, -0.2) is 17.7 Å². The van der Waals surface area contributed by atoms with Gasteiger partial charge in [0.25, 0.3) is 0 Å². The van der Waals surface area contributed by atoms with E-state index in [1.807, 2.05) is 0 Å². The zero-order valence-corrected chi connectivity index (χ0v) is 14.1. The molecule has 1 aromatic rings. The zero-order chi connectivity index (χ0) is 16.3. The molecule has 1 atom stereocenters. The molecular weight excluding hydrogens is 288 g/mol. The van der Waals surface area contributed by atoms with E-state index < -0.39 is 5.97 Å². The lowest BCUT2D eigenvalue weighted by atomic mass is 9.85. The highest BCUT2D eigenvalue weighted by atomic mass is 16.5. The summed E-state index contributed by atoms with van der Waals surface area (Å²) in [6.07, 6.45) is 12.4. The van der Waals surface area contributed by atoms with Gasteiger partial charge >= 0.3 is 5.97 Å². The number of carbonyl (C=O) groups is 1. The van der Waals surface area contributed by atoms with Gasteiger partial charge in [-0.3, -0.25) is 4.79 Å². The summed E-state index contributed by atoms with van der Waals surface area (Å²) in [4.78, 5) is 10.4. The summed E-state index contributed by atoms with van der Waals surface area (Å²) in [6.45, 7) is 0.883. The third kappa shape index (κ3) is 6.74. The van der Waals surface area contributed by atoms with E-state index in [0.29, 0.717) is 12.5 Å². The number of carboxylic acid groups (broad SMARTS) is 1. The Hall–Kier alpha value is -1.35. The van der Waals surface area contributed by atoms with Gasteiger partial charge in [-0.1, -0.05) is 69.2 Å². The molecule has 1 aromatic carbocycles. The fourth-order valence-electron chi connectivity index (χ4n) is 3.20. The SMILES string of the molecule is O=C(O)CCCCCCCCCCCOC1Cc2ccccc21. The third-order valence-corrected chi connectivity index (χ3v) is 4.66. The van der Waals surface area contributed by atoms with E-state index in [1.54, 1.807) is 0 Å². The fourth-order valence-corrected chi connectivity index (χ4v) is 3.20. The normalized spacial score (nSPS) is 15.9. The molecular formula is C20H30O3. The monoisotopic (exact) mass is 318 g/mol. The van der Waals surface area contributed by atoms with Crippen molar-refractivity contribution >= 4 is 5.97 Å². The van der Waals surface area contributed by atoms with Gasteiger partial charge in [0.1, 0.15) is 0 Å². The molecule has 0 aromatic heterocycles. The molecule has 0 radical (unpaired) electrons. The molecule has 2 rings (SSSR count). The number of benzene rings is 1. The summed E-state index contributed by atoms with van der Waals surface area (Å²) < 4.78 is 5.95. The van der Waals surface area contributed by atoms with Crippen molar-refractivity contribution in [3.05, 3.63) is 35.4 Å². The van der Waals surface area contributed by atoms with Gasteiger partial charge in [0.15, 0.2) is 0 Å². The Bertz CT molecular complexity index is 470. The van der Waals surface area contributed by atoms with Crippen molar-refractivity contribution in [1.29, 1.82) is 0 Å². The van der Waals surface area contributed by atoms with Crippen LogP contribution in [0.3, 0.4) is 0 Å². The largest absolute Gasteiger partial charge is 0.481 e. The van der Waals surface area contributed by atoms with Gasteiger partial charge in [-0.2, -0.15) is 0 Å². The first-order valence-electron chi connectivity index (χ1n) is 9.18. The van der Waals surface area contributed by atoms with Crippen molar-refractivity contribution in [2.75, 3.05) is 6.61 Å². The Labute approximate surface area is 140 Å². The van der Waals surface area contributed by atoms with Crippen molar-refractivity contribution in [2.45, 2.75) is 76.7 Å². The van der Waals surface area contributed by atoms with Crippen molar-refractivity contribution in [3.8, 4) is 0 Å². The molecule has 0 amide bonds. The average Bonchev–Trinajstić information content (AvgIpc) is 2.52. The minimum absolute atomic E-state index is 0.325. The van der Waals surface area contributed by atoms with Crippen molar-refractivity contribution in [3.63, 3.8) is 0 Å². The number of hydrogen-bond donors (Lipinski definition) is 1. The van der Waals surface area contributed by atoms with E-state index in [2.05, 4.69) is 24.3 Å². The van der Waals surface area contributed by atoms with Crippen LogP contribution in [0.2, 0.25) is 0 Å². The number of hydrogen-bond acceptors (Lipinski definition) is 2. The quantitative estimate of drug-likeness (QED) is 0.503. The van der Waals surface area contributed by atoms with Crippen LogP contribution in [0.15, 0.2) is 24.3 Å². The van der Waals surface area contributed by atoms with Crippen molar-refractivity contribution < 1.29 is 14.6 Å². The van der Waals surface area contributed by atoms with Crippen molar-refractivity contribution in [1.82, 2.24) is 0 Å². The average molecular weight is 318 g/mol. The smallest absolute Gasteiger partial charge is 0.303 e. The Balaban J connectivity index is 1.34. The first-order chi connectivity index (χ1) is 11.3. The Kier molecular flexibility index (Phi) is 8.16. The first kappa shape index (κ1) is 18.0. The lowest BCUT2D eigenvalue weighted by Gasteiger charge is -2.29. The molecule has 1 aliphatic carbocycles. The van der Waals surface area contributed by atoms with Gasteiger partial charge in [-0.05, 0) is 24.0 Å². The molecule has 0 heterocycles. The standard InChI is InChI=1S/C20H30O3/c21-20(22)14-8-6-4-2-1-3-5-7-11-15-23-19-16-17-12-9-10-13-18(17)19/h9-10,12-13,19H,1-8,11,14-16H2,(H,21,22). The van der Waals surface area contributed by atoms with Gasteiger partial charge in [-0.25, -0.2) is 0 Å². The van der Waals surface area contributed by atoms with Crippen LogP contribution < -0.4 is 0 Å². The molecule has 0 saturated heterocycles. The topological polar surface area (TPSA) is 46.5 Å². The predicted molar refractivity (Wildman–Crippen MR) is 92.6 cm³/mol. The molecule has 23 heavy (non-hydrogen) atoms. The van der Waals surface area contributed by atoms with Gasteiger partial charge in [-0.15, -0.1) is 0 Å². The Morgan fingerprint density at radius 1 is 0.957 bits per heavy atom. The second kappa shape index (κ2) is 10.4. The van der Waals surface area contributed by atoms with Gasteiger partial charge < -0.3 is 9.84 Å². The van der Waals surface area contributed by atoms with E-state index in [4.69, 9.17) is 9.84 Å². The van der Waals surface area contributed by atoms with E-state index in [0.717, 1.165) is 32.3 Å². The first-order valence-corrected chi connectivity index (χ1v) is 9.18. The molecule has 1 aliphatic rings. The Morgan fingerprint density at radius 3 is 2.22 bits per heavy atom. The Morgan fingerprint density at radius 2 is 1.57 bits per heavy atom. The number of ether oxygens (including phenoxy) is 1. The summed E-state index contributed by atoms with van der Waals surface area (Å²) in [6, 6.07) is 8.56. The minimum Gasteiger partial charge on any atom is -0.481 e. The number of aliphatic carboxylic acids is 1. The molecule has 3 nitrogen and oxygen atoms in total. The molecule has 0 aliphatic heterocycles. The molecule has 0 fully saturated rings. The number of rotatable bonds is 13. The van der Waals surface area contributed by atoms with Crippen LogP contribution in [-0.2, 0) is 16.0 Å². The van der Waals surface area contributed by atoms with Crippen molar-refractivity contribution in [2.24, 2.45) is 0 Å². The zero-order valence-electron chi connectivity index (χ0n) is 14.1. The van der Waals surface area contributed by atoms with Crippen LogP contribution in [0, 0.1) is 0 Å². The van der Waals surface area contributed by atoms with Crippen LogP contribution in [0.4, 0.5) is 0 Å². The highest BCUT2D eigenvalue weighted by Gasteiger charge is 2.25. The second-order valence-electron chi connectivity index (χ2n) is 6.59. The molecule has 1 unspecified atom stereocenters. The van der Waals surface area contributed by atoms with Gasteiger partial charge in [0.05, 0.1) is 6.10 Å². The number of fused-ring (bicyclic) bond motifs is 1. The molecule has 0 saturated carbocycles. The lowest BCUT2D eigenvalue weighted by Crippen LogP contribution is -2.20. The highest BCUT2D eigenvalue weighted by Crippen LogP contribution is 2.35. The summed E-state index contributed by atoms with van der Waals surface area (Å²) in [5.74, 6) is -0.669. The maximum atomic E-state index is 10.4.